The number of aromatic nitrogens is 3. The molecule has 2 aromatic heterocycles. The SMILES string of the molecule is CC(Nc1ncnc(Cl)c1C=O)c1cccnc1. The highest BCUT2D eigenvalue weighted by Crippen LogP contribution is 2.22. The third-order valence-electron chi connectivity index (χ3n) is 2.49. The Hall–Kier alpha value is -2.01. The summed E-state index contributed by atoms with van der Waals surface area (Å²) in [6.45, 7) is 1.95. The van der Waals surface area contributed by atoms with Gasteiger partial charge in [-0.2, -0.15) is 0 Å². The second-order valence-electron chi connectivity index (χ2n) is 3.70. The Bertz CT molecular complexity index is 547. The summed E-state index contributed by atoms with van der Waals surface area (Å²) in [6, 6.07) is 3.75. The molecular formula is C12H11ClN4O. The third-order valence-corrected chi connectivity index (χ3v) is 2.79. The molecule has 0 fully saturated rings. The van der Waals surface area contributed by atoms with Gasteiger partial charge < -0.3 is 5.32 Å². The van der Waals surface area contributed by atoms with E-state index in [1.807, 2.05) is 19.1 Å². The van der Waals surface area contributed by atoms with Crippen molar-refractivity contribution in [3.63, 3.8) is 0 Å². The molecule has 2 heterocycles. The molecule has 18 heavy (non-hydrogen) atoms. The number of anilines is 1. The maximum absolute atomic E-state index is 10.9. The van der Waals surface area contributed by atoms with Crippen molar-refractivity contribution in [2.24, 2.45) is 0 Å². The summed E-state index contributed by atoms with van der Waals surface area (Å²) in [5.74, 6) is 0.418. The van der Waals surface area contributed by atoms with E-state index >= 15 is 0 Å². The molecule has 92 valence electrons. The lowest BCUT2D eigenvalue weighted by Gasteiger charge is -2.15. The van der Waals surface area contributed by atoms with E-state index in [4.69, 9.17) is 11.6 Å². The molecule has 0 saturated carbocycles. The molecule has 2 aromatic rings. The zero-order valence-electron chi connectivity index (χ0n) is 9.67. The molecule has 1 unspecified atom stereocenters. The van der Waals surface area contributed by atoms with Crippen molar-refractivity contribution in [1.82, 2.24) is 15.0 Å². The van der Waals surface area contributed by atoms with Crippen LogP contribution in [0.1, 0.15) is 28.9 Å². The van der Waals surface area contributed by atoms with Crippen molar-refractivity contribution in [2.75, 3.05) is 5.32 Å². The molecule has 0 aliphatic heterocycles. The Morgan fingerprint density at radius 1 is 1.44 bits per heavy atom. The highest BCUT2D eigenvalue weighted by Gasteiger charge is 2.12. The van der Waals surface area contributed by atoms with Crippen molar-refractivity contribution >= 4 is 23.7 Å². The summed E-state index contributed by atoms with van der Waals surface area (Å²) in [4.78, 5) is 22.8. The zero-order chi connectivity index (χ0) is 13.0. The van der Waals surface area contributed by atoms with E-state index in [2.05, 4.69) is 20.3 Å². The fraction of sp³-hybridized carbons (Fsp3) is 0.167. The zero-order valence-corrected chi connectivity index (χ0v) is 10.4. The molecule has 0 radical (unpaired) electrons. The Kier molecular flexibility index (Phi) is 3.84. The first-order chi connectivity index (χ1) is 8.72. The summed E-state index contributed by atoms with van der Waals surface area (Å²) < 4.78 is 0. The van der Waals surface area contributed by atoms with Gasteiger partial charge in [-0.25, -0.2) is 9.97 Å². The number of carbonyl (C=O) groups excluding carboxylic acids is 1. The lowest BCUT2D eigenvalue weighted by molar-refractivity contribution is 0.112. The predicted molar refractivity (Wildman–Crippen MR) is 68.7 cm³/mol. The molecule has 5 nitrogen and oxygen atoms in total. The van der Waals surface area contributed by atoms with Gasteiger partial charge in [0.2, 0.25) is 0 Å². The fourth-order valence-electron chi connectivity index (χ4n) is 1.51. The molecule has 2 rings (SSSR count). The van der Waals surface area contributed by atoms with Crippen LogP contribution in [0.5, 0.6) is 0 Å². The number of pyridine rings is 1. The fourth-order valence-corrected chi connectivity index (χ4v) is 1.69. The minimum atomic E-state index is -0.0385. The van der Waals surface area contributed by atoms with E-state index in [0.29, 0.717) is 12.1 Å². The maximum Gasteiger partial charge on any atom is 0.156 e. The van der Waals surface area contributed by atoms with Crippen LogP contribution in [0.3, 0.4) is 0 Å². The summed E-state index contributed by atoms with van der Waals surface area (Å²) >= 11 is 5.82. The van der Waals surface area contributed by atoms with Crippen molar-refractivity contribution < 1.29 is 4.79 Å². The van der Waals surface area contributed by atoms with E-state index in [0.717, 1.165) is 5.56 Å². The average Bonchev–Trinajstić information content (AvgIpc) is 2.40. The highest BCUT2D eigenvalue weighted by atomic mass is 35.5. The first-order valence-corrected chi connectivity index (χ1v) is 5.72. The number of aldehydes is 1. The third kappa shape index (κ3) is 2.62. The maximum atomic E-state index is 10.9. The molecule has 0 aromatic carbocycles. The van der Waals surface area contributed by atoms with Crippen LogP contribution >= 0.6 is 11.6 Å². The van der Waals surface area contributed by atoms with Crippen LogP contribution in [0.2, 0.25) is 5.15 Å². The van der Waals surface area contributed by atoms with Gasteiger partial charge in [0.1, 0.15) is 17.3 Å². The van der Waals surface area contributed by atoms with Gasteiger partial charge in [-0.05, 0) is 18.6 Å². The van der Waals surface area contributed by atoms with Gasteiger partial charge in [-0.3, -0.25) is 9.78 Å². The number of hydrogen-bond acceptors (Lipinski definition) is 5. The standard InChI is InChI=1S/C12H11ClN4O/c1-8(9-3-2-4-14-5-9)17-12-10(6-18)11(13)15-7-16-12/h2-8H,1H3,(H,15,16,17). The van der Waals surface area contributed by atoms with E-state index in [9.17, 15) is 4.79 Å². The lowest BCUT2D eigenvalue weighted by atomic mass is 10.1. The Morgan fingerprint density at radius 3 is 2.94 bits per heavy atom. The van der Waals surface area contributed by atoms with Crippen molar-refractivity contribution in [2.45, 2.75) is 13.0 Å². The Morgan fingerprint density at radius 2 is 2.28 bits per heavy atom. The van der Waals surface area contributed by atoms with Gasteiger partial charge in [0.05, 0.1) is 11.6 Å². The monoisotopic (exact) mass is 262 g/mol. The van der Waals surface area contributed by atoms with Gasteiger partial charge in [0.25, 0.3) is 0 Å². The normalized spacial score (nSPS) is 11.9. The number of nitrogens with zero attached hydrogens (tertiary/aromatic N) is 3. The number of hydrogen-bond donors (Lipinski definition) is 1. The molecule has 6 heteroatoms. The summed E-state index contributed by atoms with van der Waals surface area (Å²) in [5, 5.41) is 3.25. The quantitative estimate of drug-likeness (QED) is 0.677. The van der Waals surface area contributed by atoms with Crippen molar-refractivity contribution in [3.8, 4) is 0 Å². The Balaban J connectivity index is 2.25. The molecule has 0 aliphatic rings. The average molecular weight is 263 g/mol. The number of carbonyl (C=O) groups is 1. The topological polar surface area (TPSA) is 67.8 Å². The van der Waals surface area contributed by atoms with E-state index in [1.54, 1.807) is 12.4 Å². The minimum absolute atomic E-state index is 0.0385. The summed E-state index contributed by atoms with van der Waals surface area (Å²) in [7, 11) is 0. The lowest BCUT2D eigenvalue weighted by Crippen LogP contribution is -2.10. The molecular weight excluding hydrogens is 252 g/mol. The first kappa shape index (κ1) is 12.4. The van der Waals surface area contributed by atoms with Crippen LogP contribution in [0.25, 0.3) is 0 Å². The summed E-state index contributed by atoms with van der Waals surface area (Å²) in [5.41, 5.74) is 1.25. The van der Waals surface area contributed by atoms with Crippen LogP contribution < -0.4 is 5.32 Å². The van der Waals surface area contributed by atoms with Crippen LogP contribution in [0.15, 0.2) is 30.9 Å². The predicted octanol–water partition coefficient (Wildman–Crippen LogP) is 2.51. The van der Waals surface area contributed by atoms with Crippen LogP contribution in [0, 0.1) is 0 Å². The van der Waals surface area contributed by atoms with Gasteiger partial charge in [0, 0.05) is 12.4 Å². The molecule has 1 atom stereocenters. The van der Waals surface area contributed by atoms with Gasteiger partial charge in [-0.1, -0.05) is 17.7 Å². The van der Waals surface area contributed by atoms with Crippen molar-refractivity contribution in [1.29, 1.82) is 0 Å². The number of halogens is 1. The molecule has 1 N–H and O–H groups in total. The van der Waals surface area contributed by atoms with Crippen molar-refractivity contribution in [3.05, 3.63) is 47.1 Å². The molecule has 0 saturated heterocycles. The largest absolute Gasteiger partial charge is 0.363 e. The van der Waals surface area contributed by atoms with Gasteiger partial charge in [0.15, 0.2) is 6.29 Å². The molecule has 0 aliphatic carbocycles. The van der Waals surface area contributed by atoms with Crippen LogP contribution in [0.4, 0.5) is 5.82 Å². The van der Waals surface area contributed by atoms with Crippen LogP contribution in [-0.4, -0.2) is 21.2 Å². The molecule has 0 spiro atoms. The molecule has 0 amide bonds. The minimum Gasteiger partial charge on any atom is -0.363 e. The second-order valence-corrected chi connectivity index (χ2v) is 4.06. The highest BCUT2D eigenvalue weighted by molar-refractivity contribution is 6.32. The number of nitrogens with one attached hydrogen (secondary N) is 1. The molecule has 0 bridgehead atoms. The van der Waals surface area contributed by atoms with Gasteiger partial charge in [-0.15, -0.1) is 0 Å². The summed E-state index contributed by atoms with van der Waals surface area (Å²) in [6.07, 6.45) is 5.41. The van der Waals surface area contributed by atoms with E-state index < -0.39 is 0 Å². The smallest absolute Gasteiger partial charge is 0.156 e. The second kappa shape index (κ2) is 5.55. The number of rotatable bonds is 4. The van der Waals surface area contributed by atoms with E-state index in [-0.39, 0.29) is 16.8 Å². The Labute approximate surface area is 109 Å². The first-order valence-electron chi connectivity index (χ1n) is 5.34. The van der Waals surface area contributed by atoms with Gasteiger partial charge >= 0.3 is 0 Å². The van der Waals surface area contributed by atoms with E-state index in [1.165, 1.54) is 6.33 Å². The van der Waals surface area contributed by atoms with Crippen LogP contribution in [-0.2, 0) is 0 Å².